The predicted molar refractivity (Wildman–Crippen MR) is 116 cm³/mol. The quantitative estimate of drug-likeness (QED) is 0.525. The maximum absolute atomic E-state index is 5.64. The summed E-state index contributed by atoms with van der Waals surface area (Å²) in [6.07, 6.45) is 3.90. The van der Waals surface area contributed by atoms with Crippen molar-refractivity contribution in [2.75, 3.05) is 39.9 Å². The van der Waals surface area contributed by atoms with E-state index in [4.69, 9.17) is 14.1 Å². The summed E-state index contributed by atoms with van der Waals surface area (Å²) in [4.78, 5) is 11.7. The van der Waals surface area contributed by atoms with E-state index in [9.17, 15) is 0 Å². The number of nitrogens with zero attached hydrogens (tertiary/aromatic N) is 3. The minimum absolute atomic E-state index is 0.437. The van der Waals surface area contributed by atoms with Gasteiger partial charge in [0.05, 0.1) is 13.2 Å². The molecular weight excluding hydrogens is 366 g/mol. The maximum atomic E-state index is 5.64. The zero-order valence-electron chi connectivity index (χ0n) is 17.8. The molecule has 0 aliphatic carbocycles. The van der Waals surface area contributed by atoms with Crippen LogP contribution in [-0.4, -0.2) is 61.8 Å². The van der Waals surface area contributed by atoms with E-state index in [1.165, 1.54) is 5.56 Å². The van der Waals surface area contributed by atoms with E-state index < -0.39 is 0 Å². The number of aliphatic imine (C=N–C) groups is 1. The van der Waals surface area contributed by atoms with Crippen molar-refractivity contribution in [3.05, 3.63) is 41.8 Å². The molecule has 158 valence electrons. The van der Waals surface area contributed by atoms with E-state index >= 15 is 0 Å². The molecule has 1 fully saturated rings. The SMILES string of the molecule is CCNC(=NCc1coc(-c2ccc(C)cc2)n1)NC1CCN(CCOC)CC1. The minimum atomic E-state index is 0.437. The number of aromatic nitrogens is 1. The van der Waals surface area contributed by atoms with Gasteiger partial charge in [-0.3, -0.25) is 0 Å². The molecule has 0 unspecified atom stereocenters. The number of oxazole rings is 1. The van der Waals surface area contributed by atoms with E-state index in [0.29, 0.717) is 18.5 Å². The Labute approximate surface area is 173 Å². The molecule has 2 heterocycles. The molecule has 29 heavy (non-hydrogen) atoms. The second-order valence-electron chi connectivity index (χ2n) is 7.46. The summed E-state index contributed by atoms with van der Waals surface area (Å²) in [5, 5.41) is 6.91. The number of hydrogen-bond acceptors (Lipinski definition) is 5. The molecule has 3 rings (SSSR count). The minimum Gasteiger partial charge on any atom is -0.444 e. The molecule has 0 bridgehead atoms. The summed E-state index contributed by atoms with van der Waals surface area (Å²) >= 11 is 0. The van der Waals surface area contributed by atoms with Crippen LogP contribution in [0, 0.1) is 6.92 Å². The van der Waals surface area contributed by atoms with Gasteiger partial charge in [-0.25, -0.2) is 9.98 Å². The first-order valence-electron chi connectivity index (χ1n) is 10.5. The standard InChI is InChI=1S/C22H33N5O2/c1-4-23-22(26-19-9-11-27(12-10-19)13-14-28-3)24-15-20-16-29-21(25-20)18-7-5-17(2)6-8-18/h5-8,16,19H,4,9-15H2,1-3H3,(H2,23,24,26). The highest BCUT2D eigenvalue weighted by molar-refractivity contribution is 5.80. The first-order valence-corrected chi connectivity index (χ1v) is 10.5. The van der Waals surface area contributed by atoms with Crippen LogP contribution in [0.4, 0.5) is 0 Å². The van der Waals surface area contributed by atoms with Crippen molar-refractivity contribution >= 4 is 5.96 Å². The topological polar surface area (TPSA) is 74.9 Å². The van der Waals surface area contributed by atoms with Gasteiger partial charge in [-0.05, 0) is 38.8 Å². The van der Waals surface area contributed by atoms with Gasteiger partial charge in [0.25, 0.3) is 0 Å². The van der Waals surface area contributed by atoms with E-state index in [1.54, 1.807) is 13.4 Å². The molecule has 1 aliphatic heterocycles. The van der Waals surface area contributed by atoms with Crippen LogP contribution in [-0.2, 0) is 11.3 Å². The summed E-state index contributed by atoms with van der Waals surface area (Å²) in [5.41, 5.74) is 3.03. The average Bonchev–Trinajstić information content (AvgIpc) is 3.21. The number of guanidine groups is 1. The van der Waals surface area contributed by atoms with Gasteiger partial charge in [-0.1, -0.05) is 17.7 Å². The highest BCUT2D eigenvalue weighted by atomic mass is 16.5. The van der Waals surface area contributed by atoms with Crippen LogP contribution in [0.5, 0.6) is 0 Å². The Kier molecular flexibility index (Phi) is 8.07. The number of likely N-dealkylation sites (tertiary alicyclic amines) is 1. The smallest absolute Gasteiger partial charge is 0.226 e. The van der Waals surface area contributed by atoms with Crippen LogP contribution in [0.2, 0.25) is 0 Å². The lowest BCUT2D eigenvalue weighted by molar-refractivity contribution is 0.128. The number of nitrogens with one attached hydrogen (secondary N) is 2. The van der Waals surface area contributed by atoms with Gasteiger partial charge >= 0.3 is 0 Å². The molecule has 0 amide bonds. The highest BCUT2D eigenvalue weighted by Crippen LogP contribution is 2.19. The monoisotopic (exact) mass is 399 g/mol. The third kappa shape index (κ3) is 6.58. The number of benzene rings is 1. The number of methoxy groups -OCH3 is 1. The van der Waals surface area contributed by atoms with Crippen LogP contribution < -0.4 is 10.6 Å². The summed E-state index contributed by atoms with van der Waals surface area (Å²) in [6, 6.07) is 8.61. The van der Waals surface area contributed by atoms with Crippen molar-refractivity contribution in [2.45, 2.75) is 39.3 Å². The average molecular weight is 400 g/mol. The first-order chi connectivity index (χ1) is 14.2. The molecule has 2 aromatic rings. The van der Waals surface area contributed by atoms with E-state index in [1.807, 2.05) is 12.1 Å². The summed E-state index contributed by atoms with van der Waals surface area (Å²) in [7, 11) is 1.76. The van der Waals surface area contributed by atoms with E-state index in [-0.39, 0.29) is 0 Å². The predicted octanol–water partition coefficient (Wildman–Crippen LogP) is 2.82. The van der Waals surface area contributed by atoms with E-state index in [2.05, 4.69) is 46.5 Å². The Balaban J connectivity index is 1.54. The molecule has 7 nitrogen and oxygen atoms in total. The van der Waals surface area contributed by atoms with Crippen LogP contribution in [0.3, 0.4) is 0 Å². The van der Waals surface area contributed by atoms with Crippen LogP contribution in [0.1, 0.15) is 31.0 Å². The van der Waals surface area contributed by atoms with Crippen molar-refractivity contribution in [1.29, 1.82) is 0 Å². The molecule has 2 N–H and O–H groups in total. The van der Waals surface area contributed by atoms with Gasteiger partial charge in [-0.15, -0.1) is 0 Å². The zero-order valence-corrected chi connectivity index (χ0v) is 17.8. The molecule has 0 radical (unpaired) electrons. The molecular formula is C22H33N5O2. The van der Waals surface area contributed by atoms with Crippen LogP contribution in [0.25, 0.3) is 11.5 Å². The fourth-order valence-electron chi connectivity index (χ4n) is 3.40. The molecule has 7 heteroatoms. The van der Waals surface area contributed by atoms with Gasteiger partial charge < -0.3 is 24.7 Å². The normalized spacial score (nSPS) is 16.2. The molecule has 0 atom stereocenters. The molecule has 0 saturated carbocycles. The number of hydrogen-bond donors (Lipinski definition) is 2. The fraction of sp³-hybridized carbons (Fsp3) is 0.545. The lowest BCUT2D eigenvalue weighted by atomic mass is 10.1. The molecule has 1 aromatic heterocycles. The molecule has 1 aromatic carbocycles. The lowest BCUT2D eigenvalue weighted by Gasteiger charge is -2.32. The Morgan fingerprint density at radius 1 is 1.28 bits per heavy atom. The van der Waals surface area contributed by atoms with Crippen molar-refractivity contribution in [3.63, 3.8) is 0 Å². The van der Waals surface area contributed by atoms with Crippen molar-refractivity contribution < 1.29 is 9.15 Å². The van der Waals surface area contributed by atoms with Gasteiger partial charge in [-0.2, -0.15) is 0 Å². The van der Waals surface area contributed by atoms with Gasteiger partial charge in [0.2, 0.25) is 5.89 Å². The first kappa shape index (κ1) is 21.3. The number of aryl methyl sites for hydroxylation is 1. The number of rotatable bonds is 8. The third-order valence-corrected chi connectivity index (χ3v) is 5.13. The second kappa shape index (κ2) is 11.0. The Hall–Kier alpha value is -2.38. The Morgan fingerprint density at radius 3 is 2.72 bits per heavy atom. The molecule has 0 spiro atoms. The fourth-order valence-corrected chi connectivity index (χ4v) is 3.40. The Morgan fingerprint density at radius 2 is 2.03 bits per heavy atom. The summed E-state index contributed by atoms with van der Waals surface area (Å²) in [6.45, 7) is 9.43. The third-order valence-electron chi connectivity index (χ3n) is 5.13. The van der Waals surface area contributed by atoms with Gasteiger partial charge in [0, 0.05) is 44.9 Å². The van der Waals surface area contributed by atoms with Crippen molar-refractivity contribution in [1.82, 2.24) is 20.5 Å². The maximum Gasteiger partial charge on any atom is 0.226 e. The van der Waals surface area contributed by atoms with Gasteiger partial charge in [0.1, 0.15) is 12.0 Å². The van der Waals surface area contributed by atoms with Gasteiger partial charge in [0.15, 0.2) is 5.96 Å². The van der Waals surface area contributed by atoms with E-state index in [0.717, 1.165) is 62.8 Å². The van der Waals surface area contributed by atoms with Crippen LogP contribution >= 0.6 is 0 Å². The van der Waals surface area contributed by atoms with Crippen molar-refractivity contribution in [3.8, 4) is 11.5 Å². The zero-order chi connectivity index (χ0) is 20.5. The Bertz CT molecular complexity index is 764. The summed E-state index contributed by atoms with van der Waals surface area (Å²) < 4.78 is 10.8. The lowest BCUT2D eigenvalue weighted by Crippen LogP contribution is -2.49. The van der Waals surface area contributed by atoms with Crippen molar-refractivity contribution in [2.24, 2.45) is 4.99 Å². The molecule has 1 aliphatic rings. The largest absolute Gasteiger partial charge is 0.444 e. The number of ether oxygens (including phenoxy) is 1. The summed E-state index contributed by atoms with van der Waals surface area (Å²) in [5.74, 6) is 1.47. The highest BCUT2D eigenvalue weighted by Gasteiger charge is 2.19. The second-order valence-corrected chi connectivity index (χ2v) is 7.46. The molecule has 1 saturated heterocycles. The van der Waals surface area contributed by atoms with Crippen LogP contribution in [0.15, 0.2) is 39.9 Å². The number of piperidine rings is 1.